The van der Waals surface area contributed by atoms with Crippen LogP contribution in [-0.2, 0) is 6.42 Å². The zero-order chi connectivity index (χ0) is 11.4. The molecule has 0 bridgehead atoms. The lowest BCUT2D eigenvalue weighted by Crippen LogP contribution is -2.13. The van der Waals surface area contributed by atoms with Gasteiger partial charge in [0.05, 0.1) is 0 Å². The van der Waals surface area contributed by atoms with Gasteiger partial charge in [0.25, 0.3) is 0 Å². The predicted octanol–water partition coefficient (Wildman–Crippen LogP) is 2.98. The van der Waals surface area contributed by atoms with Crippen molar-refractivity contribution < 1.29 is 0 Å². The van der Waals surface area contributed by atoms with Crippen molar-refractivity contribution in [2.24, 2.45) is 5.73 Å². The lowest BCUT2D eigenvalue weighted by molar-refractivity contribution is 0.721. The fourth-order valence-electron chi connectivity index (χ4n) is 1.63. The van der Waals surface area contributed by atoms with Gasteiger partial charge in [-0.2, -0.15) is 0 Å². The lowest BCUT2D eigenvalue weighted by Gasteiger charge is -2.12. The highest BCUT2D eigenvalue weighted by Crippen LogP contribution is 2.19. The fraction of sp³-hybridized carbons (Fsp3) is 0.154. The van der Waals surface area contributed by atoms with Crippen molar-refractivity contribution in [3.05, 3.63) is 64.9 Å². The molecule has 0 aliphatic rings. The van der Waals surface area contributed by atoms with Crippen molar-refractivity contribution in [3.8, 4) is 0 Å². The summed E-state index contributed by atoms with van der Waals surface area (Å²) >= 11 is 5.93. The summed E-state index contributed by atoms with van der Waals surface area (Å²) in [6, 6.07) is 11.6. The van der Waals surface area contributed by atoms with Gasteiger partial charge >= 0.3 is 0 Å². The number of rotatable bonds is 3. The first-order valence-corrected chi connectivity index (χ1v) is 5.53. The summed E-state index contributed by atoms with van der Waals surface area (Å²) < 4.78 is 0. The Morgan fingerprint density at radius 3 is 2.62 bits per heavy atom. The van der Waals surface area contributed by atoms with Crippen LogP contribution >= 0.6 is 11.6 Å². The highest BCUT2D eigenvalue weighted by Gasteiger charge is 2.07. The van der Waals surface area contributed by atoms with Crippen LogP contribution in [0.3, 0.4) is 0 Å². The van der Waals surface area contributed by atoms with Crippen LogP contribution in [-0.4, -0.2) is 4.98 Å². The number of benzene rings is 1. The molecule has 3 heteroatoms. The Balaban J connectivity index is 2.12. The third kappa shape index (κ3) is 2.81. The van der Waals surface area contributed by atoms with Crippen LogP contribution in [0.5, 0.6) is 0 Å². The minimum atomic E-state index is -0.0268. The molecule has 0 saturated heterocycles. The molecule has 1 aromatic carbocycles. The van der Waals surface area contributed by atoms with E-state index in [0.717, 1.165) is 17.0 Å². The summed E-state index contributed by atoms with van der Waals surface area (Å²) in [6.45, 7) is 0. The Bertz CT molecular complexity index is 456. The van der Waals surface area contributed by atoms with Gasteiger partial charge in [0.2, 0.25) is 0 Å². The van der Waals surface area contributed by atoms with Crippen LogP contribution < -0.4 is 5.73 Å². The minimum absolute atomic E-state index is 0.0268. The number of hydrogen-bond donors (Lipinski definition) is 1. The third-order valence-corrected chi connectivity index (χ3v) is 2.72. The Morgan fingerprint density at radius 1 is 1.19 bits per heavy atom. The largest absolute Gasteiger partial charge is 0.324 e. The van der Waals surface area contributed by atoms with Gasteiger partial charge in [0.15, 0.2) is 0 Å². The van der Waals surface area contributed by atoms with E-state index >= 15 is 0 Å². The number of nitrogens with zero attached hydrogens (tertiary/aromatic N) is 1. The summed E-state index contributed by atoms with van der Waals surface area (Å²) in [6.07, 6.45) is 4.35. The molecule has 2 rings (SSSR count). The number of aromatic nitrogens is 1. The molecule has 1 atom stereocenters. The summed E-state index contributed by atoms with van der Waals surface area (Å²) in [5.41, 5.74) is 8.36. The maximum Gasteiger partial charge on any atom is 0.0409 e. The van der Waals surface area contributed by atoms with E-state index in [9.17, 15) is 0 Å². The first-order chi connectivity index (χ1) is 7.75. The summed E-state index contributed by atoms with van der Waals surface area (Å²) in [5.74, 6) is 0. The summed E-state index contributed by atoms with van der Waals surface area (Å²) in [7, 11) is 0. The van der Waals surface area contributed by atoms with Gasteiger partial charge < -0.3 is 5.73 Å². The van der Waals surface area contributed by atoms with Crippen molar-refractivity contribution in [1.29, 1.82) is 0 Å². The van der Waals surface area contributed by atoms with Gasteiger partial charge in [-0.15, -0.1) is 0 Å². The van der Waals surface area contributed by atoms with Gasteiger partial charge in [0, 0.05) is 23.5 Å². The molecule has 0 radical (unpaired) electrons. The Kier molecular flexibility index (Phi) is 3.54. The topological polar surface area (TPSA) is 38.9 Å². The molecule has 1 aromatic heterocycles. The lowest BCUT2D eigenvalue weighted by atomic mass is 10.0. The molecule has 0 amide bonds. The number of halogens is 1. The molecule has 0 spiro atoms. The van der Waals surface area contributed by atoms with Gasteiger partial charge in [-0.25, -0.2) is 0 Å². The molecule has 2 N–H and O–H groups in total. The number of hydrogen-bond acceptors (Lipinski definition) is 2. The standard InChI is InChI=1S/C13H13ClN2/c14-12-3-1-2-11(9-12)13(15)8-10-4-6-16-7-5-10/h1-7,9,13H,8,15H2/t13-/m0/s1. The van der Waals surface area contributed by atoms with E-state index in [1.807, 2.05) is 36.4 Å². The van der Waals surface area contributed by atoms with Crippen LogP contribution in [0.2, 0.25) is 5.02 Å². The molecule has 1 heterocycles. The van der Waals surface area contributed by atoms with Crippen molar-refractivity contribution in [3.63, 3.8) is 0 Å². The van der Waals surface area contributed by atoms with E-state index in [-0.39, 0.29) is 6.04 Å². The van der Waals surface area contributed by atoms with Crippen LogP contribution in [0.15, 0.2) is 48.8 Å². The van der Waals surface area contributed by atoms with Crippen molar-refractivity contribution in [2.75, 3.05) is 0 Å². The van der Waals surface area contributed by atoms with Crippen LogP contribution in [0, 0.1) is 0 Å². The van der Waals surface area contributed by atoms with E-state index in [0.29, 0.717) is 0 Å². The quantitative estimate of drug-likeness (QED) is 0.884. The number of pyridine rings is 1. The summed E-state index contributed by atoms with van der Waals surface area (Å²) in [4.78, 5) is 3.98. The van der Waals surface area contributed by atoms with Crippen LogP contribution in [0.25, 0.3) is 0 Å². The first-order valence-electron chi connectivity index (χ1n) is 5.15. The zero-order valence-electron chi connectivity index (χ0n) is 8.81. The average Bonchev–Trinajstić information content (AvgIpc) is 2.30. The van der Waals surface area contributed by atoms with Crippen LogP contribution in [0.4, 0.5) is 0 Å². The Morgan fingerprint density at radius 2 is 1.94 bits per heavy atom. The van der Waals surface area contributed by atoms with E-state index in [1.54, 1.807) is 12.4 Å². The van der Waals surface area contributed by atoms with E-state index < -0.39 is 0 Å². The predicted molar refractivity (Wildman–Crippen MR) is 66.3 cm³/mol. The van der Waals surface area contributed by atoms with Crippen molar-refractivity contribution in [2.45, 2.75) is 12.5 Å². The van der Waals surface area contributed by atoms with E-state index in [4.69, 9.17) is 17.3 Å². The van der Waals surface area contributed by atoms with Gasteiger partial charge in [-0.1, -0.05) is 23.7 Å². The second-order valence-electron chi connectivity index (χ2n) is 3.72. The highest BCUT2D eigenvalue weighted by atomic mass is 35.5. The average molecular weight is 233 g/mol. The molecule has 82 valence electrons. The molecule has 0 unspecified atom stereocenters. The highest BCUT2D eigenvalue weighted by molar-refractivity contribution is 6.30. The molecule has 0 fully saturated rings. The molecule has 16 heavy (non-hydrogen) atoms. The van der Waals surface area contributed by atoms with Gasteiger partial charge in [0.1, 0.15) is 0 Å². The molecule has 2 nitrogen and oxygen atoms in total. The molecule has 0 saturated carbocycles. The molecular weight excluding hydrogens is 220 g/mol. The molecule has 0 aliphatic heterocycles. The Hall–Kier alpha value is -1.38. The molecular formula is C13H13ClN2. The monoisotopic (exact) mass is 232 g/mol. The van der Waals surface area contributed by atoms with Gasteiger partial charge in [-0.3, -0.25) is 4.98 Å². The first kappa shape index (κ1) is 11.1. The van der Waals surface area contributed by atoms with E-state index in [1.165, 1.54) is 5.56 Å². The number of nitrogens with two attached hydrogens (primary N) is 1. The maximum atomic E-state index is 6.12. The van der Waals surface area contributed by atoms with Crippen LogP contribution in [0.1, 0.15) is 17.2 Å². The normalized spacial score (nSPS) is 12.4. The fourth-order valence-corrected chi connectivity index (χ4v) is 1.83. The molecule has 0 aliphatic carbocycles. The Labute approximate surface area is 100 Å². The second-order valence-corrected chi connectivity index (χ2v) is 4.16. The second kappa shape index (κ2) is 5.10. The molecule has 2 aromatic rings. The van der Waals surface area contributed by atoms with Crippen molar-refractivity contribution >= 4 is 11.6 Å². The van der Waals surface area contributed by atoms with Gasteiger partial charge in [-0.05, 0) is 41.8 Å². The third-order valence-electron chi connectivity index (χ3n) is 2.48. The smallest absolute Gasteiger partial charge is 0.0409 e. The van der Waals surface area contributed by atoms with Crippen molar-refractivity contribution in [1.82, 2.24) is 4.98 Å². The maximum absolute atomic E-state index is 6.12. The summed E-state index contributed by atoms with van der Waals surface area (Å²) in [5, 5.41) is 0.725. The zero-order valence-corrected chi connectivity index (χ0v) is 9.56. The van der Waals surface area contributed by atoms with E-state index in [2.05, 4.69) is 4.98 Å². The SMILES string of the molecule is N[C@@H](Cc1ccncc1)c1cccc(Cl)c1. The minimum Gasteiger partial charge on any atom is -0.324 e.